The number of hydrogen-bond donors (Lipinski definition) is 0. The van der Waals surface area contributed by atoms with Crippen molar-refractivity contribution in [1.82, 2.24) is 4.90 Å². The topological polar surface area (TPSA) is 51.9 Å². The number of fused-ring (bicyclic) bond motifs is 1. The molecule has 2 aromatic carbocycles. The Labute approximate surface area is 158 Å². The number of likely N-dealkylation sites (tertiary alicyclic amines) is 1. The molecule has 0 bridgehead atoms. The molecule has 0 aliphatic carbocycles. The summed E-state index contributed by atoms with van der Waals surface area (Å²) in [5.74, 6) is 1.55. The lowest BCUT2D eigenvalue weighted by atomic mass is 10.0. The van der Waals surface area contributed by atoms with E-state index in [9.17, 15) is 4.79 Å². The first-order valence-corrected chi connectivity index (χ1v) is 9.16. The summed E-state index contributed by atoms with van der Waals surface area (Å²) < 4.78 is 16.0. The molecule has 1 aliphatic heterocycles. The number of hydrogen-bond acceptors (Lipinski definition) is 5. The first-order valence-electron chi connectivity index (χ1n) is 9.16. The van der Waals surface area contributed by atoms with Gasteiger partial charge in [0.25, 0.3) is 0 Å². The summed E-state index contributed by atoms with van der Waals surface area (Å²) in [5.41, 5.74) is 2.47. The predicted molar refractivity (Wildman–Crippen MR) is 104 cm³/mol. The summed E-state index contributed by atoms with van der Waals surface area (Å²) in [6, 6.07) is 15.8. The first-order chi connectivity index (χ1) is 13.2. The molecule has 1 aromatic heterocycles. The van der Waals surface area contributed by atoms with Crippen LogP contribution in [0.25, 0.3) is 11.0 Å². The van der Waals surface area contributed by atoms with E-state index in [4.69, 9.17) is 13.9 Å². The highest BCUT2D eigenvalue weighted by Gasteiger charge is 2.27. The van der Waals surface area contributed by atoms with E-state index >= 15 is 0 Å². The Balaban J connectivity index is 1.67. The number of methoxy groups -OCH3 is 2. The third-order valence-electron chi connectivity index (χ3n) is 5.25. The molecule has 1 saturated heterocycles. The fourth-order valence-corrected chi connectivity index (χ4v) is 3.93. The average molecular weight is 365 g/mol. The van der Waals surface area contributed by atoms with Crippen LogP contribution in [0.5, 0.6) is 11.5 Å². The van der Waals surface area contributed by atoms with Gasteiger partial charge in [0.2, 0.25) is 0 Å². The van der Waals surface area contributed by atoms with E-state index in [1.165, 1.54) is 5.56 Å². The van der Waals surface area contributed by atoms with E-state index in [2.05, 4.69) is 17.0 Å². The maximum absolute atomic E-state index is 12.1. The number of rotatable bonds is 5. The summed E-state index contributed by atoms with van der Waals surface area (Å²) in [7, 11) is 3.29. The molecule has 140 valence electrons. The summed E-state index contributed by atoms with van der Waals surface area (Å²) in [6.45, 7) is 1.70. The van der Waals surface area contributed by atoms with Gasteiger partial charge in [0, 0.05) is 30.1 Å². The van der Waals surface area contributed by atoms with Gasteiger partial charge in [0.1, 0.15) is 17.1 Å². The molecule has 0 radical (unpaired) electrons. The van der Waals surface area contributed by atoms with Crippen LogP contribution in [0.4, 0.5) is 0 Å². The Bertz CT molecular complexity index is 1010. The maximum Gasteiger partial charge on any atom is 0.336 e. The molecule has 0 amide bonds. The standard InChI is InChI=1S/C22H23NO4/c1-25-17-6-3-5-15(11-17)20-7-4-10-23(20)14-16-12-22(24)27-21-13-18(26-2)8-9-19(16)21/h3,5-6,8-9,11-13,20H,4,7,10,14H2,1-2H3. The number of benzene rings is 2. The Morgan fingerprint density at radius 2 is 1.89 bits per heavy atom. The van der Waals surface area contributed by atoms with Crippen molar-refractivity contribution in [2.45, 2.75) is 25.4 Å². The maximum atomic E-state index is 12.1. The molecule has 0 spiro atoms. The minimum absolute atomic E-state index is 0.320. The average Bonchev–Trinajstić information content (AvgIpc) is 3.15. The summed E-state index contributed by atoms with van der Waals surface area (Å²) >= 11 is 0. The van der Waals surface area contributed by atoms with Crippen molar-refractivity contribution in [3.63, 3.8) is 0 Å². The fraction of sp³-hybridized carbons (Fsp3) is 0.318. The van der Waals surface area contributed by atoms with E-state index in [1.54, 1.807) is 26.4 Å². The van der Waals surface area contributed by atoms with Crippen molar-refractivity contribution in [3.05, 3.63) is 70.1 Å². The third-order valence-corrected chi connectivity index (χ3v) is 5.25. The van der Waals surface area contributed by atoms with Crippen LogP contribution in [0.1, 0.15) is 30.0 Å². The molecular formula is C22H23NO4. The Morgan fingerprint density at radius 1 is 1.07 bits per heavy atom. The highest BCUT2D eigenvalue weighted by Crippen LogP contribution is 2.35. The molecule has 1 fully saturated rings. The van der Waals surface area contributed by atoms with Crippen LogP contribution >= 0.6 is 0 Å². The predicted octanol–water partition coefficient (Wildman–Crippen LogP) is 4.15. The number of ether oxygens (including phenoxy) is 2. The summed E-state index contributed by atoms with van der Waals surface area (Å²) in [6.07, 6.45) is 2.23. The lowest BCUT2D eigenvalue weighted by Crippen LogP contribution is -2.23. The second kappa shape index (κ2) is 7.45. The van der Waals surface area contributed by atoms with Crippen LogP contribution in [0.15, 0.2) is 57.7 Å². The van der Waals surface area contributed by atoms with Crippen molar-refractivity contribution in [3.8, 4) is 11.5 Å². The minimum atomic E-state index is -0.331. The lowest BCUT2D eigenvalue weighted by molar-refractivity contribution is 0.248. The van der Waals surface area contributed by atoms with Crippen molar-refractivity contribution in [1.29, 1.82) is 0 Å². The van der Waals surface area contributed by atoms with Crippen molar-refractivity contribution in [2.24, 2.45) is 0 Å². The van der Waals surface area contributed by atoms with Gasteiger partial charge in [-0.2, -0.15) is 0 Å². The zero-order valence-electron chi connectivity index (χ0n) is 15.6. The second-order valence-electron chi connectivity index (χ2n) is 6.86. The minimum Gasteiger partial charge on any atom is -0.497 e. The molecule has 5 nitrogen and oxygen atoms in total. The Hall–Kier alpha value is -2.79. The highest BCUT2D eigenvalue weighted by molar-refractivity contribution is 5.81. The van der Waals surface area contributed by atoms with Crippen LogP contribution in [0, 0.1) is 0 Å². The van der Waals surface area contributed by atoms with Crippen LogP contribution in [0.3, 0.4) is 0 Å². The van der Waals surface area contributed by atoms with Crippen molar-refractivity contribution >= 4 is 11.0 Å². The smallest absolute Gasteiger partial charge is 0.336 e. The summed E-state index contributed by atoms with van der Waals surface area (Å²) in [4.78, 5) is 14.5. The van der Waals surface area contributed by atoms with Gasteiger partial charge < -0.3 is 13.9 Å². The molecule has 3 aromatic rings. The molecule has 27 heavy (non-hydrogen) atoms. The van der Waals surface area contributed by atoms with E-state index in [0.29, 0.717) is 23.9 Å². The lowest BCUT2D eigenvalue weighted by Gasteiger charge is -2.25. The Morgan fingerprint density at radius 3 is 2.70 bits per heavy atom. The third kappa shape index (κ3) is 3.55. The molecule has 0 N–H and O–H groups in total. The van der Waals surface area contributed by atoms with Gasteiger partial charge >= 0.3 is 5.63 Å². The van der Waals surface area contributed by atoms with E-state index in [-0.39, 0.29) is 5.63 Å². The molecule has 5 heteroatoms. The van der Waals surface area contributed by atoms with Gasteiger partial charge in [-0.05, 0) is 54.8 Å². The zero-order valence-corrected chi connectivity index (χ0v) is 15.6. The van der Waals surface area contributed by atoms with Gasteiger partial charge in [-0.3, -0.25) is 4.90 Å². The van der Waals surface area contributed by atoms with Crippen molar-refractivity contribution < 1.29 is 13.9 Å². The molecule has 4 rings (SSSR count). The van der Waals surface area contributed by atoms with Crippen LogP contribution in [-0.4, -0.2) is 25.7 Å². The SMILES string of the molecule is COc1cccc(C2CCCN2Cc2cc(=O)oc3cc(OC)ccc23)c1. The van der Waals surface area contributed by atoms with Crippen LogP contribution in [0.2, 0.25) is 0 Å². The highest BCUT2D eigenvalue weighted by atomic mass is 16.5. The van der Waals surface area contributed by atoms with Gasteiger partial charge in [0.15, 0.2) is 0 Å². The van der Waals surface area contributed by atoms with Crippen LogP contribution < -0.4 is 15.1 Å². The second-order valence-corrected chi connectivity index (χ2v) is 6.86. The molecule has 1 aliphatic rings. The van der Waals surface area contributed by atoms with Gasteiger partial charge in [0.05, 0.1) is 14.2 Å². The van der Waals surface area contributed by atoms with Gasteiger partial charge in [-0.1, -0.05) is 12.1 Å². The number of nitrogens with zero attached hydrogens (tertiary/aromatic N) is 1. The van der Waals surface area contributed by atoms with E-state index < -0.39 is 0 Å². The van der Waals surface area contributed by atoms with Crippen LogP contribution in [-0.2, 0) is 6.54 Å². The molecule has 0 saturated carbocycles. The normalized spacial score (nSPS) is 17.3. The molecule has 1 unspecified atom stereocenters. The van der Waals surface area contributed by atoms with Crippen molar-refractivity contribution in [2.75, 3.05) is 20.8 Å². The van der Waals surface area contributed by atoms with E-state index in [0.717, 1.165) is 36.1 Å². The largest absolute Gasteiger partial charge is 0.497 e. The molecule has 1 atom stereocenters. The summed E-state index contributed by atoms with van der Waals surface area (Å²) in [5, 5.41) is 0.951. The Kier molecular flexibility index (Phi) is 4.86. The quantitative estimate of drug-likeness (QED) is 0.636. The first kappa shape index (κ1) is 17.6. The fourth-order valence-electron chi connectivity index (χ4n) is 3.93. The zero-order chi connectivity index (χ0) is 18.8. The van der Waals surface area contributed by atoms with Gasteiger partial charge in [-0.15, -0.1) is 0 Å². The molecular weight excluding hydrogens is 342 g/mol. The monoisotopic (exact) mass is 365 g/mol. The van der Waals surface area contributed by atoms with Gasteiger partial charge in [-0.25, -0.2) is 4.79 Å². The van der Waals surface area contributed by atoms with E-state index in [1.807, 2.05) is 24.3 Å². The molecule has 2 heterocycles.